The molecule has 0 bridgehead atoms. The van der Waals surface area contributed by atoms with Gasteiger partial charge in [0, 0.05) is 16.0 Å². The molecule has 0 saturated heterocycles. The average Bonchev–Trinajstić information content (AvgIpc) is 3.03. The van der Waals surface area contributed by atoms with Crippen molar-refractivity contribution in [2.24, 2.45) is 0 Å². The van der Waals surface area contributed by atoms with Crippen molar-refractivity contribution in [1.82, 2.24) is 0 Å². The second-order valence-corrected chi connectivity index (χ2v) is 7.41. The molecule has 0 unspecified atom stereocenters. The van der Waals surface area contributed by atoms with E-state index < -0.39 is 0 Å². The minimum absolute atomic E-state index is 0.0821. The predicted octanol–water partition coefficient (Wildman–Crippen LogP) is 6.78. The third-order valence-electron chi connectivity index (χ3n) is 4.78. The number of fused-ring (bicyclic) bond motifs is 1. The summed E-state index contributed by atoms with van der Waals surface area (Å²) in [6.07, 6.45) is 0.963. The predicted molar refractivity (Wildman–Crippen MR) is 115 cm³/mol. The molecular weight excluding hydrogens is 393 g/mol. The molecule has 140 valence electrons. The molecule has 0 atom stereocenters. The summed E-state index contributed by atoms with van der Waals surface area (Å²) in [5.74, 6) is -0.288. The van der Waals surface area contributed by atoms with Crippen LogP contribution in [0.25, 0.3) is 22.1 Å². The highest BCUT2D eigenvalue weighted by Crippen LogP contribution is 2.34. The monoisotopic (exact) mass is 409 g/mol. The number of carbonyl (C=O) groups excluding carboxylic acids is 1. The van der Waals surface area contributed by atoms with E-state index in [-0.39, 0.29) is 16.6 Å². The van der Waals surface area contributed by atoms with Crippen LogP contribution in [0, 0.1) is 0 Å². The fourth-order valence-corrected chi connectivity index (χ4v) is 3.73. The number of furan rings is 1. The van der Waals surface area contributed by atoms with E-state index in [1.807, 2.05) is 30.3 Å². The lowest BCUT2D eigenvalue weighted by atomic mass is 10.0. The molecule has 4 aromatic rings. The number of anilines is 1. The lowest BCUT2D eigenvalue weighted by Gasteiger charge is -2.04. The second kappa shape index (κ2) is 7.34. The van der Waals surface area contributed by atoms with Gasteiger partial charge in [-0.25, -0.2) is 0 Å². The van der Waals surface area contributed by atoms with E-state index in [4.69, 9.17) is 33.4 Å². The molecule has 28 heavy (non-hydrogen) atoms. The zero-order valence-corrected chi connectivity index (χ0v) is 16.6. The Balaban J connectivity index is 1.79. The van der Waals surface area contributed by atoms with Crippen LogP contribution in [0.4, 0.5) is 5.69 Å². The number of ketones is 1. The number of hydrogen-bond donors (Lipinski definition) is 1. The zero-order chi connectivity index (χ0) is 19.8. The maximum Gasteiger partial charge on any atom is 0.231 e. The Labute approximate surface area is 172 Å². The first kappa shape index (κ1) is 18.6. The number of nitrogens with two attached hydrogens (primary N) is 1. The van der Waals surface area contributed by atoms with Gasteiger partial charge in [0.25, 0.3) is 0 Å². The fourth-order valence-electron chi connectivity index (χ4n) is 3.23. The topological polar surface area (TPSA) is 56.2 Å². The summed E-state index contributed by atoms with van der Waals surface area (Å²) in [7, 11) is 0. The van der Waals surface area contributed by atoms with Gasteiger partial charge < -0.3 is 10.2 Å². The van der Waals surface area contributed by atoms with Crippen LogP contribution in [0.3, 0.4) is 0 Å². The highest BCUT2D eigenvalue weighted by molar-refractivity contribution is 6.37. The Morgan fingerprint density at radius 2 is 1.79 bits per heavy atom. The third-order valence-corrected chi connectivity index (χ3v) is 5.33. The molecule has 0 saturated carbocycles. The minimum atomic E-state index is -0.370. The zero-order valence-electron chi connectivity index (χ0n) is 15.1. The Morgan fingerprint density at radius 1 is 1.00 bits per heavy atom. The largest absolute Gasteiger partial charge is 0.450 e. The van der Waals surface area contributed by atoms with Crippen LogP contribution >= 0.6 is 23.2 Å². The van der Waals surface area contributed by atoms with Gasteiger partial charge in [-0.3, -0.25) is 4.79 Å². The molecule has 0 aliphatic rings. The summed E-state index contributed by atoms with van der Waals surface area (Å²) >= 11 is 12.1. The molecule has 0 aliphatic carbocycles. The van der Waals surface area contributed by atoms with Crippen molar-refractivity contribution in [2.75, 3.05) is 5.73 Å². The summed E-state index contributed by atoms with van der Waals surface area (Å²) < 4.78 is 5.85. The first-order valence-electron chi connectivity index (χ1n) is 8.89. The smallest absolute Gasteiger partial charge is 0.231 e. The number of aryl methyl sites for hydroxylation is 1. The number of halogens is 2. The molecule has 0 fully saturated rings. The third kappa shape index (κ3) is 3.28. The molecule has 0 aliphatic heterocycles. The molecule has 1 aromatic heterocycles. The second-order valence-electron chi connectivity index (χ2n) is 6.56. The number of benzene rings is 3. The molecule has 3 aromatic carbocycles. The van der Waals surface area contributed by atoms with Crippen LogP contribution in [0.1, 0.15) is 28.6 Å². The average molecular weight is 410 g/mol. The fraction of sp³-hybridized carbons (Fsp3) is 0.0870. The normalized spacial score (nSPS) is 11.1. The van der Waals surface area contributed by atoms with Crippen LogP contribution < -0.4 is 5.73 Å². The van der Waals surface area contributed by atoms with Crippen LogP contribution in [-0.2, 0) is 6.42 Å². The number of nitrogen functional groups attached to an aromatic ring is 1. The van der Waals surface area contributed by atoms with Gasteiger partial charge in [-0.15, -0.1) is 0 Å². The van der Waals surface area contributed by atoms with Crippen LogP contribution in [0.2, 0.25) is 10.0 Å². The quantitative estimate of drug-likeness (QED) is 0.377. The van der Waals surface area contributed by atoms with Gasteiger partial charge >= 0.3 is 0 Å². The van der Waals surface area contributed by atoms with Crippen LogP contribution in [-0.4, -0.2) is 5.78 Å². The Morgan fingerprint density at radius 3 is 2.54 bits per heavy atom. The lowest BCUT2D eigenvalue weighted by molar-refractivity contribution is 0.101. The molecule has 3 nitrogen and oxygen atoms in total. The molecule has 1 heterocycles. The SMILES string of the molecule is CCc1cccc(-c2ccc3c(N)c(C(=O)c4ccc(Cl)cc4Cl)oc3c2)c1. The van der Waals surface area contributed by atoms with Crippen LogP contribution in [0.5, 0.6) is 0 Å². The van der Waals surface area contributed by atoms with Crippen molar-refractivity contribution in [1.29, 1.82) is 0 Å². The first-order valence-corrected chi connectivity index (χ1v) is 9.64. The van der Waals surface area contributed by atoms with Gasteiger partial charge in [-0.05, 0) is 53.4 Å². The minimum Gasteiger partial charge on any atom is -0.450 e. The van der Waals surface area contributed by atoms with E-state index in [0.29, 0.717) is 27.2 Å². The molecule has 5 heteroatoms. The Bertz CT molecular complexity index is 1210. The molecule has 0 amide bonds. The summed E-state index contributed by atoms with van der Waals surface area (Å²) in [4.78, 5) is 12.9. The number of carbonyl (C=O) groups is 1. The van der Waals surface area contributed by atoms with Gasteiger partial charge in [0.05, 0.1) is 10.7 Å². The van der Waals surface area contributed by atoms with Crippen LogP contribution in [0.15, 0.2) is 65.1 Å². The molecule has 0 radical (unpaired) electrons. The molecule has 4 rings (SSSR count). The Hall–Kier alpha value is -2.75. The highest BCUT2D eigenvalue weighted by atomic mass is 35.5. The summed E-state index contributed by atoms with van der Waals surface area (Å²) in [5, 5.41) is 1.41. The summed E-state index contributed by atoms with van der Waals surface area (Å²) in [6, 6.07) is 18.8. The molecular formula is C23H17Cl2NO2. The van der Waals surface area contributed by atoms with E-state index in [1.54, 1.807) is 12.1 Å². The van der Waals surface area contributed by atoms with Gasteiger partial charge in [0.2, 0.25) is 5.78 Å². The molecule has 0 spiro atoms. The van der Waals surface area contributed by atoms with Gasteiger partial charge in [0.1, 0.15) is 5.58 Å². The van der Waals surface area contributed by atoms with E-state index in [1.165, 1.54) is 11.6 Å². The standard InChI is InChI=1S/C23H17Cl2NO2/c1-2-13-4-3-5-14(10-13)15-6-8-18-20(11-15)28-23(21(18)26)22(27)17-9-7-16(24)12-19(17)25/h3-12H,2,26H2,1H3. The van der Waals surface area contributed by atoms with Crippen molar-refractivity contribution >= 4 is 45.6 Å². The van der Waals surface area contributed by atoms with E-state index in [0.717, 1.165) is 17.5 Å². The van der Waals surface area contributed by atoms with Gasteiger partial charge in [-0.2, -0.15) is 0 Å². The van der Waals surface area contributed by atoms with Crippen molar-refractivity contribution in [3.05, 3.63) is 87.6 Å². The van der Waals surface area contributed by atoms with Crippen molar-refractivity contribution in [3.8, 4) is 11.1 Å². The van der Waals surface area contributed by atoms with E-state index in [2.05, 4.69) is 19.1 Å². The van der Waals surface area contributed by atoms with E-state index in [9.17, 15) is 4.79 Å². The van der Waals surface area contributed by atoms with Gasteiger partial charge in [0.15, 0.2) is 5.76 Å². The first-order chi connectivity index (χ1) is 13.5. The molecule has 2 N–H and O–H groups in total. The highest BCUT2D eigenvalue weighted by Gasteiger charge is 2.22. The summed E-state index contributed by atoms with van der Waals surface area (Å²) in [6.45, 7) is 2.12. The summed E-state index contributed by atoms with van der Waals surface area (Å²) in [5.41, 5.74) is 10.7. The van der Waals surface area contributed by atoms with Crippen molar-refractivity contribution in [2.45, 2.75) is 13.3 Å². The number of hydrogen-bond acceptors (Lipinski definition) is 3. The van der Waals surface area contributed by atoms with E-state index >= 15 is 0 Å². The van der Waals surface area contributed by atoms with Crippen molar-refractivity contribution in [3.63, 3.8) is 0 Å². The Kier molecular flexibility index (Phi) is 4.88. The van der Waals surface area contributed by atoms with Crippen molar-refractivity contribution < 1.29 is 9.21 Å². The maximum absolute atomic E-state index is 12.9. The maximum atomic E-state index is 12.9. The van der Waals surface area contributed by atoms with Gasteiger partial charge in [-0.1, -0.05) is 60.5 Å². The number of rotatable bonds is 4. The lowest BCUT2D eigenvalue weighted by Crippen LogP contribution is -2.03.